The van der Waals surface area contributed by atoms with Crippen molar-refractivity contribution in [1.82, 2.24) is 4.90 Å². The summed E-state index contributed by atoms with van der Waals surface area (Å²) in [4.78, 5) is 3.69. The summed E-state index contributed by atoms with van der Waals surface area (Å²) in [6, 6.07) is 11.3. The lowest BCUT2D eigenvalue weighted by Crippen LogP contribution is -2.34. The van der Waals surface area contributed by atoms with E-state index < -0.39 is 0 Å². The normalized spacial score (nSPS) is 13.5. The molecular weight excluding hydrogens is 202 g/mol. The smallest absolute Gasteiger partial charge is 0.0206 e. The fourth-order valence-corrected chi connectivity index (χ4v) is 3.03. The lowest BCUT2D eigenvalue weighted by Gasteiger charge is -2.27. The Kier molecular flexibility index (Phi) is 5.20. The maximum atomic E-state index is 2.32. The van der Waals surface area contributed by atoms with Crippen LogP contribution in [0.25, 0.3) is 0 Å². The van der Waals surface area contributed by atoms with Crippen LogP contribution in [0.1, 0.15) is 13.8 Å². The van der Waals surface area contributed by atoms with E-state index in [9.17, 15) is 0 Å². The highest BCUT2D eigenvalue weighted by atomic mass is 32.2. The third-order valence-corrected chi connectivity index (χ3v) is 3.71. The fraction of sp³-hybridized carbons (Fsp3) is 0.538. The van der Waals surface area contributed by atoms with Crippen LogP contribution < -0.4 is 0 Å². The second-order valence-electron chi connectivity index (χ2n) is 4.40. The summed E-state index contributed by atoms with van der Waals surface area (Å²) < 4.78 is 0. The SMILES string of the molecule is CC(C)[C@@H](CSc1ccccc1)N(C)C. The Morgan fingerprint density at radius 2 is 1.73 bits per heavy atom. The first-order chi connectivity index (χ1) is 7.11. The molecule has 2 heteroatoms. The summed E-state index contributed by atoms with van der Waals surface area (Å²) in [7, 11) is 4.33. The van der Waals surface area contributed by atoms with Crippen molar-refractivity contribution >= 4 is 11.8 Å². The molecule has 0 saturated heterocycles. The lowest BCUT2D eigenvalue weighted by atomic mass is 10.1. The van der Waals surface area contributed by atoms with Crippen LogP contribution in [0.15, 0.2) is 35.2 Å². The number of nitrogens with zero attached hydrogens (tertiary/aromatic N) is 1. The number of benzene rings is 1. The van der Waals surface area contributed by atoms with E-state index >= 15 is 0 Å². The molecule has 0 unspecified atom stereocenters. The maximum Gasteiger partial charge on any atom is 0.0206 e. The summed E-state index contributed by atoms with van der Waals surface area (Å²) in [6.07, 6.45) is 0. The summed E-state index contributed by atoms with van der Waals surface area (Å²) in [5.74, 6) is 1.87. The molecule has 1 aromatic rings. The van der Waals surface area contributed by atoms with Crippen molar-refractivity contribution in [2.75, 3.05) is 19.8 Å². The van der Waals surface area contributed by atoms with Crippen LogP contribution >= 0.6 is 11.8 Å². The molecule has 0 aliphatic carbocycles. The molecule has 0 aromatic heterocycles. The van der Waals surface area contributed by atoms with E-state index in [1.165, 1.54) is 4.90 Å². The van der Waals surface area contributed by atoms with Crippen LogP contribution in [0.5, 0.6) is 0 Å². The Morgan fingerprint density at radius 3 is 2.20 bits per heavy atom. The third-order valence-electron chi connectivity index (χ3n) is 2.60. The molecule has 0 spiro atoms. The van der Waals surface area contributed by atoms with Gasteiger partial charge in [-0.1, -0.05) is 32.0 Å². The van der Waals surface area contributed by atoms with Gasteiger partial charge in [-0.2, -0.15) is 0 Å². The zero-order chi connectivity index (χ0) is 11.3. The molecule has 0 saturated carbocycles. The zero-order valence-electron chi connectivity index (χ0n) is 10.1. The van der Waals surface area contributed by atoms with Gasteiger partial charge in [0, 0.05) is 16.7 Å². The average Bonchev–Trinajstić information content (AvgIpc) is 2.18. The van der Waals surface area contributed by atoms with Gasteiger partial charge in [0.05, 0.1) is 0 Å². The predicted octanol–water partition coefficient (Wildman–Crippen LogP) is 3.36. The van der Waals surface area contributed by atoms with Gasteiger partial charge in [-0.05, 0) is 32.1 Å². The predicted molar refractivity (Wildman–Crippen MR) is 69.5 cm³/mol. The summed E-state index contributed by atoms with van der Waals surface area (Å²) in [5, 5.41) is 0. The van der Waals surface area contributed by atoms with Crippen LogP contribution in [0.2, 0.25) is 0 Å². The number of hydrogen-bond acceptors (Lipinski definition) is 2. The summed E-state index contributed by atoms with van der Waals surface area (Å²) in [5.41, 5.74) is 0. The molecule has 0 radical (unpaired) electrons. The Labute approximate surface area is 97.9 Å². The Morgan fingerprint density at radius 1 is 1.13 bits per heavy atom. The van der Waals surface area contributed by atoms with Crippen LogP contribution in [-0.2, 0) is 0 Å². The van der Waals surface area contributed by atoms with Crippen LogP contribution in [-0.4, -0.2) is 30.8 Å². The van der Waals surface area contributed by atoms with E-state index in [-0.39, 0.29) is 0 Å². The van der Waals surface area contributed by atoms with Gasteiger partial charge >= 0.3 is 0 Å². The van der Waals surface area contributed by atoms with E-state index in [0.717, 1.165) is 5.75 Å². The molecule has 84 valence electrons. The molecule has 0 aliphatic rings. The minimum Gasteiger partial charge on any atom is -0.305 e. The van der Waals surface area contributed by atoms with Crippen LogP contribution in [0.4, 0.5) is 0 Å². The second-order valence-corrected chi connectivity index (χ2v) is 5.49. The summed E-state index contributed by atoms with van der Waals surface area (Å²) in [6.45, 7) is 4.58. The Bertz CT molecular complexity index is 261. The molecule has 0 amide bonds. The molecule has 1 nitrogen and oxygen atoms in total. The van der Waals surface area contributed by atoms with Crippen LogP contribution in [0, 0.1) is 5.92 Å². The molecule has 0 fully saturated rings. The molecule has 15 heavy (non-hydrogen) atoms. The van der Waals surface area contributed by atoms with Crippen molar-refractivity contribution in [1.29, 1.82) is 0 Å². The van der Waals surface area contributed by atoms with Crippen molar-refractivity contribution in [3.63, 3.8) is 0 Å². The molecule has 0 N–H and O–H groups in total. The molecule has 1 atom stereocenters. The Balaban J connectivity index is 2.47. The van der Waals surface area contributed by atoms with Crippen molar-refractivity contribution in [3.8, 4) is 0 Å². The van der Waals surface area contributed by atoms with E-state index in [2.05, 4.69) is 63.2 Å². The van der Waals surface area contributed by atoms with Gasteiger partial charge in [0.15, 0.2) is 0 Å². The second kappa shape index (κ2) is 6.19. The third kappa shape index (κ3) is 4.27. The van der Waals surface area contributed by atoms with Gasteiger partial charge in [-0.15, -0.1) is 11.8 Å². The first-order valence-corrected chi connectivity index (χ1v) is 6.44. The standard InChI is InChI=1S/C13H21NS/c1-11(2)13(14(3)4)10-15-12-8-6-5-7-9-12/h5-9,11,13H,10H2,1-4H3/t13-/m1/s1. The van der Waals surface area contributed by atoms with Gasteiger partial charge in [0.2, 0.25) is 0 Å². The Hall–Kier alpha value is -0.470. The number of rotatable bonds is 5. The lowest BCUT2D eigenvalue weighted by molar-refractivity contribution is 0.256. The maximum absolute atomic E-state index is 2.32. The van der Waals surface area contributed by atoms with E-state index in [0.29, 0.717) is 12.0 Å². The number of hydrogen-bond donors (Lipinski definition) is 0. The molecule has 1 aromatic carbocycles. The number of thioether (sulfide) groups is 1. The quantitative estimate of drug-likeness (QED) is 0.704. The first-order valence-electron chi connectivity index (χ1n) is 5.45. The largest absolute Gasteiger partial charge is 0.305 e. The fourth-order valence-electron chi connectivity index (χ4n) is 1.64. The van der Waals surface area contributed by atoms with Crippen molar-refractivity contribution in [2.24, 2.45) is 5.92 Å². The first kappa shape index (κ1) is 12.6. The highest BCUT2D eigenvalue weighted by Gasteiger charge is 2.15. The van der Waals surface area contributed by atoms with Crippen molar-refractivity contribution in [3.05, 3.63) is 30.3 Å². The molecule has 0 aliphatic heterocycles. The van der Waals surface area contributed by atoms with Gasteiger partial charge in [0.1, 0.15) is 0 Å². The van der Waals surface area contributed by atoms with Gasteiger partial charge < -0.3 is 4.90 Å². The van der Waals surface area contributed by atoms with E-state index in [4.69, 9.17) is 0 Å². The molecular formula is C13H21NS. The van der Waals surface area contributed by atoms with E-state index in [1.807, 2.05) is 11.8 Å². The average molecular weight is 223 g/mol. The summed E-state index contributed by atoms with van der Waals surface area (Å²) >= 11 is 1.94. The highest BCUT2D eigenvalue weighted by Crippen LogP contribution is 2.21. The minimum atomic E-state index is 0.648. The van der Waals surface area contributed by atoms with Gasteiger partial charge in [-0.25, -0.2) is 0 Å². The van der Waals surface area contributed by atoms with Crippen molar-refractivity contribution < 1.29 is 0 Å². The van der Waals surface area contributed by atoms with Gasteiger partial charge in [-0.3, -0.25) is 0 Å². The minimum absolute atomic E-state index is 0.648. The molecule has 0 bridgehead atoms. The monoisotopic (exact) mass is 223 g/mol. The van der Waals surface area contributed by atoms with Crippen LogP contribution in [0.3, 0.4) is 0 Å². The molecule has 0 heterocycles. The topological polar surface area (TPSA) is 3.24 Å². The molecule has 1 rings (SSSR count). The van der Waals surface area contributed by atoms with E-state index in [1.54, 1.807) is 0 Å². The zero-order valence-corrected chi connectivity index (χ0v) is 10.9. The highest BCUT2D eigenvalue weighted by molar-refractivity contribution is 7.99. The van der Waals surface area contributed by atoms with Crippen molar-refractivity contribution in [2.45, 2.75) is 24.8 Å². The van der Waals surface area contributed by atoms with Gasteiger partial charge in [0.25, 0.3) is 0 Å².